The van der Waals surface area contributed by atoms with Crippen molar-refractivity contribution in [2.45, 2.75) is 59.2 Å². The van der Waals surface area contributed by atoms with Crippen LogP contribution in [0.3, 0.4) is 0 Å². The van der Waals surface area contributed by atoms with Crippen molar-refractivity contribution in [1.29, 1.82) is 0 Å². The fourth-order valence-corrected chi connectivity index (χ4v) is 6.25. The SMILES string of the molecule is [2H]C([2H])(C1C2CCC3CC4CCC1C342)C(C)(C)C. The molecule has 4 unspecified atom stereocenters. The maximum atomic E-state index is 8.68. The van der Waals surface area contributed by atoms with Crippen LogP contribution in [0, 0.1) is 40.4 Å². The molecule has 0 heteroatoms. The van der Waals surface area contributed by atoms with Crippen LogP contribution in [0.5, 0.6) is 0 Å². The fraction of sp³-hybridized carbons (Fsp3) is 1.00. The highest BCUT2D eigenvalue weighted by atomic mass is 14.8. The van der Waals surface area contributed by atoms with E-state index in [0.717, 1.165) is 23.7 Å². The van der Waals surface area contributed by atoms with Crippen LogP contribution in [0.4, 0.5) is 0 Å². The molecule has 0 radical (unpaired) electrons. The molecule has 90 valence electrons. The molecule has 4 aliphatic carbocycles. The average molecular weight is 220 g/mol. The van der Waals surface area contributed by atoms with Gasteiger partial charge in [-0.1, -0.05) is 20.8 Å². The Kier molecular flexibility index (Phi) is 1.38. The number of rotatable bonds is 1. The molecule has 0 heterocycles. The second kappa shape index (κ2) is 2.70. The molecule has 0 amide bonds. The van der Waals surface area contributed by atoms with E-state index in [9.17, 15) is 0 Å². The van der Waals surface area contributed by atoms with E-state index in [0.29, 0.717) is 11.3 Å². The lowest BCUT2D eigenvalue weighted by Crippen LogP contribution is -2.62. The van der Waals surface area contributed by atoms with E-state index < -0.39 is 6.37 Å². The third-order valence-electron chi connectivity index (χ3n) is 6.39. The minimum atomic E-state index is -0.979. The molecule has 4 aliphatic rings. The summed E-state index contributed by atoms with van der Waals surface area (Å²) in [4.78, 5) is 0. The Morgan fingerprint density at radius 1 is 1.06 bits per heavy atom. The zero-order valence-electron chi connectivity index (χ0n) is 12.9. The maximum Gasteiger partial charge on any atom is 0.0275 e. The second-order valence-electron chi connectivity index (χ2n) is 7.92. The first-order valence-electron chi connectivity index (χ1n) is 8.31. The zero-order valence-corrected chi connectivity index (χ0v) is 10.9. The Morgan fingerprint density at radius 2 is 1.62 bits per heavy atom. The lowest BCUT2D eigenvalue weighted by atomic mass is 9.37. The molecule has 4 saturated carbocycles. The molecule has 0 N–H and O–H groups in total. The minimum absolute atomic E-state index is 0.209. The highest BCUT2D eigenvalue weighted by Gasteiger charge is 2.76. The van der Waals surface area contributed by atoms with E-state index in [1.165, 1.54) is 32.1 Å². The average Bonchev–Trinajstić information content (AvgIpc) is 2.58. The van der Waals surface area contributed by atoms with Gasteiger partial charge in [-0.15, -0.1) is 0 Å². The van der Waals surface area contributed by atoms with Gasteiger partial charge in [-0.3, -0.25) is 0 Å². The lowest BCUT2D eigenvalue weighted by molar-refractivity contribution is -0.198. The summed E-state index contributed by atoms with van der Waals surface area (Å²) in [5.41, 5.74) is 0.447. The third-order valence-corrected chi connectivity index (χ3v) is 6.39. The molecule has 4 fully saturated rings. The fourth-order valence-electron chi connectivity index (χ4n) is 6.25. The smallest absolute Gasteiger partial charge is 0.0275 e. The van der Waals surface area contributed by atoms with Gasteiger partial charge in [0.25, 0.3) is 0 Å². The van der Waals surface area contributed by atoms with Crippen LogP contribution in [0.15, 0.2) is 0 Å². The zero-order chi connectivity index (χ0) is 12.9. The van der Waals surface area contributed by atoms with Gasteiger partial charge >= 0.3 is 0 Å². The Bertz CT molecular complexity index is 368. The monoisotopic (exact) mass is 220 g/mol. The molecule has 4 rings (SSSR count). The quantitative estimate of drug-likeness (QED) is 0.610. The van der Waals surface area contributed by atoms with Crippen LogP contribution in [-0.2, 0) is 0 Å². The molecular formula is C16H26. The standard InChI is InChI=1S/C16H26/c1-15(2,3)9-12-13-6-4-10-8-11-5-7-14(12)16(10,11)13/h10-14H,4-9H2,1-3H3/i9D2. The van der Waals surface area contributed by atoms with Crippen molar-refractivity contribution < 1.29 is 2.74 Å². The van der Waals surface area contributed by atoms with Crippen molar-refractivity contribution in [2.75, 3.05) is 0 Å². The van der Waals surface area contributed by atoms with Gasteiger partial charge in [0, 0.05) is 2.74 Å². The Balaban J connectivity index is 1.70. The van der Waals surface area contributed by atoms with Crippen LogP contribution in [0.25, 0.3) is 0 Å². The summed E-state index contributed by atoms with van der Waals surface area (Å²) in [7, 11) is 0. The summed E-state index contributed by atoms with van der Waals surface area (Å²) in [5, 5.41) is 0. The number of hydrogen-bond donors (Lipinski definition) is 0. The van der Waals surface area contributed by atoms with E-state index in [1.54, 1.807) is 0 Å². The summed E-state index contributed by atoms with van der Waals surface area (Å²) < 4.78 is 17.4. The van der Waals surface area contributed by atoms with Crippen molar-refractivity contribution in [1.82, 2.24) is 0 Å². The van der Waals surface area contributed by atoms with Gasteiger partial charge in [0.2, 0.25) is 0 Å². The molecule has 16 heavy (non-hydrogen) atoms. The summed E-state index contributed by atoms with van der Waals surface area (Å²) >= 11 is 0. The van der Waals surface area contributed by atoms with Crippen LogP contribution in [0.2, 0.25) is 0 Å². The Morgan fingerprint density at radius 3 is 2.12 bits per heavy atom. The largest absolute Gasteiger partial charge is 0.0602 e. The van der Waals surface area contributed by atoms with E-state index in [1.807, 2.05) is 0 Å². The predicted octanol–water partition coefficient (Wildman–Crippen LogP) is 4.49. The molecule has 0 aliphatic heterocycles. The van der Waals surface area contributed by atoms with E-state index in [2.05, 4.69) is 20.8 Å². The first kappa shape index (κ1) is 8.16. The third kappa shape index (κ3) is 0.910. The van der Waals surface area contributed by atoms with Gasteiger partial charge < -0.3 is 0 Å². The van der Waals surface area contributed by atoms with Gasteiger partial charge in [0.1, 0.15) is 0 Å². The molecule has 0 nitrogen and oxygen atoms in total. The minimum Gasteiger partial charge on any atom is -0.0602 e. The van der Waals surface area contributed by atoms with E-state index in [-0.39, 0.29) is 5.41 Å². The van der Waals surface area contributed by atoms with Gasteiger partial charge in [-0.2, -0.15) is 0 Å². The normalized spacial score (nSPS) is 60.3. The highest BCUT2D eigenvalue weighted by Crippen LogP contribution is 2.83. The lowest BCUT2D eigenvalue weighted by Gasteiger charge is -2.67. The molecular weight excluding hydrogens is 192 g/mol. The summed E-state index contributed by atoms with van der Waals surface area (Å²) in [6.07, 6.45) is 5.99. The maximum absolute atomic E-state index is 8.68. The van der Waals surface area contributed by atoms with Crippen molar-refractivity contribution in [3.63, 3.8) is 0 Å². The van der Waals surface area contributed by atoms with Crippen molar-refractivity contribution >= 4 is 0 Å². The van der Waals surface area contributed by atoms with Gasteiger partial charge in [-0.05, 0) is 78.9 Å². The van der Waals surface area contributed by atoms with Gasteiger partial charge in [-0.25, -0.2) is 0 Å². The van der Waals surface area contributed by atoms with E-state index >= 15 is 0 Å². The molecule has 0 bridgehead atoms. The Labute approximate surface area is 103 Å². The summed E-state index contributed by atoms with van der Waals surface area (Å²) in [6.45, 7) is 6.28. The second-order valence-corrected chi connectivity index (χ2v) is 7.92. The first-order valence-corrected chi connectivity index (χ1v) is 7.31. The first-order chi connectivity index (χ1) is 8.31. The van der Waals surface area contributed by atoms with Gasteiger partial charge in [0.05, 0.1) is 0 Å². The highest BCUT2D eigenvalue weighted by molar-refractivity contribution is 5.24. The predicted molar refractivity (Wildman–Crippen MR) is 67.0 cm³/mol. The molecule has 0 saturated heterocycles. The summed E-state index contributed by atoms with van der Waals surface area (Å²) in [6, 6.07) is 0. The molecule has 0 aromatic carbocycles. The Hall–Kier alpha value is 0. The molecule has 1 spiro atoms. The van der Waals surface area contributed by atoms with E-state index in [4.69, 9.17) is 2.74 Å². The topological polar surface area (TPSA) is 0 Å². The van der Waals surface area contributed by atoms with Crippen LogP contribution >= 0.6 is 0 Å². The van der Waals surface area contributed by atoms with Crippen LogP contribution < -0.4 is 0 Å². The van der Waals surface area contributed by atoms with Crippen LogP contribution in [0.1, 0.15) is 62.0 Å². The van der Waals surface area contributed by atoms with Gasteiger partial charge in [0.15, 0.2) is 0 Å². The van der Waals surface area contributed by atoms with Crippen molar-refractivity contribution in [3.8, 4) is 0 Å². The van der Waals surface area contributed by atoms with Crippen molar-refractivity contribution in [2.24, 2.45) is 40.4 Å². The molecule has 0 aromatic rings. The summed E-state index contributed by atoms with van der Waals surface area (Å²) in [5.74, 6) is 3.83. The molecule has 4 atom stereocenters. The molecule has 0 aromatic heterocycles. The number of hydrogen-bond acceptors (Lipinski definition) is 0. The van der Waals surface area contributed by atoms with Crippen molar-refractivity contribution in [3.05, 3.63) is 0 Å². The van der Waals surface area contributed by atoms with Crippen LogP contribution in [-0.4, -0.2) is 0 Å².